The summed E-state index contributed by atoms with van der Waals surface area (Å²) < 4.78 is 120. The molecule has 0 fully saturated rings. The van der Waals surface area contributed by atoms with Gasteiger partial charge in [-0.15, -0.1) is 0 Å². The molecule has 2 aliphatic rings. The molecular weight excluding hydrogens is 532 g/mol. The fourth-order valence-electron chi connectivity index (χ4n) is 3.00. The maximum absolute atomic E-state index is 9.75. The topological polar surface area (TPSA) is 0 Å². The van der Waals surface area contributed by atoms with Crippen molar-refractivity contribution in [3.8, 4) is 0 Å². The van der Waals surface area contributed by atoms with E-state index in [-0.39, 0.29) is 0 Å². The van der Waals surface area contributed by atoms with Crippen LogP contribution in [0.25, 0.3) is 0 Å². The number of halogens is 12. The molecule has 0 aromatic heterocycles. The first-order valence-corrected chi connectivity index (χ1v) is 10.9. The van der Waals surface area contributed by atoms with Crippen LogP contribution in [0, 0.1) is 11.8 Å². The minimum absolute atomic E-state index is 0.633. The Bertz CT molecular complexity index is 736. The van der Waals surface area contributed by atoms with E-state index < -0.39 is 21.8 Å². The largest absolute Gasteiger partial charge is 0.673 e. The molecule has 0 aliphatic heterocycles. The minimum atomic E-state index is -6.00. The summed E-state index contributed by atoms with van der Waals surface area (Å²) in [6, 6.07) is 0. The predicted molar refractivity (Wildman–Crippen MR) is 111 cm³/mol. The average Bonchev–Trinajstić information content (AvgIpc) is 2.87. The number of allylic oxidation sites excluding steroid dienone is 8. The molecule has 2 aliphatic carbocycles. The molecule has 2 rings (SSSR count). The second kappa shape index (κ2) is 13.2. The van der Waals surface area contributed by atoms with Crippen LogP contribution in [0.3, 0.4) is 0 Å². The van der Waals surface area contributed by atoms with Crippen molar-refractivity contribution in [2.75, 3.05) is 0 Å². The molecule has 199 valence electrons. The monoisotopic (exact) mass is 559 g/mol. The summed E-state index contributed by atoms with van der Waals surface area (Å²) >= 11 is 1.17. The summed E-state index contributed by atoms with van der Waals surface area (Å²) in [4.78, 5) is 0. The third-order valence-electron chi connectivity index (χ3n) is 5.23. The van der Waals surface area contributed by atoms with Crippen LogP contribution in [0.5, 0.6) is 0 Å². The minimum Gasteiger partial charge on any atom is -0.418 e. The van der Waals surface area contributed by atoms with E-state index in [4.69, 9.17) is 0 Å². The standard InChI is InChI=1S/2C9H13.3BF4.Fe/c2*1-6-5-7(2)9(4)8(6)3;3*2-1(3,4)5;/h2*6H,1-4H3;;;;/q;;3*-1;+3. The number of rotatable bonds is 2. The first-order valence-electron chi connectivity index (χ1n) is 9.78. The van der Waals surface area contributed by atoms with Crippen molar-refractivity contribution in [1.29, 1.82) is 0 Å². The van der Waals surface area contributed by atoms with Crippen molar-refractivity contribution < 1.29 is 66.7 Å². The van der Waals surface area contributed by atoms with Gasteiger partial charge in [-0.1, -0.05) is 0 Å². The normalized spacial score (nSPS) is 21.1. The van der Waals surface area contributed by atoms with Gasteiger partial charge >= 0.3 is 146 Å². The van der Waals surface area contributed by atoms with E-state index in [0.717, 1.165) is 0 Å². The molecule has 2 atom stereocenters. The van der Waals surface area contributed by atoms with E-state index in [0.29, 0.717) is 11.8 Å². The Morgan fingerprint density at radius 3 is 0.735 bits per heavy atom. The van der Waals surface area contributed by atoms with Crippen molar-refractivity contribution in [3.05, 3.63) is 42.4 Å². The van der Waals surface area contributed by atoms with Gasteiger partial charge in [-0.2, -0.15) is 0 Å². The first-order chi connectivity index (χ1) is 14.8. The fourth-order valence-corrected chi connectivity index (χ4v) is 5.10. The summed E-state index contributed by atoms with van der Waals surface area (Å²) in [5.74, 6) is 1.27. The van der Waals surface area contributed by atoms with E-state index in [1.807, 2.05) is 0 Å². The molecule has 16 heteroatoms. The summed E-state index contributed by atoms with van der Waals surface area (Å²) in [7, 11) is -18.0. The van der Waals surface area contributed by atoms with Gasteiger partial charge in [0.2, 0.25) is 0 Å². The molecule has 0 amide bonds. The summed E-state index contributed by atoms with van der Waals surface area (Å²) in [5.41, 5.74) is 9.26. The molecular formula is C18H26B3F12Fe. The SMILES string of the molecule is CC1=C(C)C(C)[C]([Fe+3][C]2=C(C)C(C)=C(C)C2C)=C1C.F[B-](F)(F)F.F[B-](F)(F)F.F[B-](F)(F)F. The number of hydrogen-bond acceptors (Lipinski definition) is 0. The molecule has 0 saturated carbocycles. The molecule has 0 nitrogen and oxygen atoms in total. The van der Waals surface area contributed by atoms with Crippen molar-refractivity contribution in [1.82, 2.24) is 0 Å². The smallest absolute Gasteiger partial charge is 0.418 e. The van der Waals surface area contributed by atoms with E-state index in [1.165, 1.54) is 26.1 Å². The predicted octanol–water partition coefficient (Wildman–Crippen LogP) is 9.49. The van der Waals surface area contributed by atoms with Gasteiger partial charge in [0.1, 0.15) is 0 Å². The van der Waals surface area contributed by atoms with Gasteiger partial charge in [0.25, 0.3) is 0 Å². The van der Waals surface area contributed by atoms with E-state index in [9.17, 15) is 51.8 Å². The van der Waals surface area contributed by atoms with Crippen molar-refractivity contribution in [2.45, 2.75) is 55.4 Å². The van der Waals surface area contributed by atoms with Gasteiger partial charge in [0.15, 0.2) is 0 Å². The van der Waals surface area contributed by atoms with Crippen LogP contribution in [-0.2, 0) is 15.0 Å². The quantitative estimate of drug-likeness (QED) is 0.234. The van der Waals surface area contributed by atoms with Gasteiger partial charge in [0, 0.05) is 0 Å². The zero-order valence-corrected chi connectivity index (χ0v) is 20.9. The van der Waals surface area contributed by atoms with Crippen LogP contribution in [0.1, 0.15) is 55.4 Å². The third-order valence-corrected chi connectivity index (χ3v) is 7.61. The van der Waals surface area contributed by atoms with Crippen LogP contribution in [-0.4, -0.2) is 21.8 Å². The summed E-state index contributed by atoms with van der Waals surface area (Å²) in [6.45, 7) is 18.5. The van der Waals surface area contributed by atoms with Gasteiger partial charge in [0.05, 0.1) is 0 Å². The molecule has 34 heavy (non-hydrogen) atoms. The Morgan fingerprint density at radius 2 is 0.618 bits per heavy atom. The van der Waals surface area contributed by atoms with Crippen molar-refractivity contribution in [3.63, 3.8) is 0 Å². The molecule has 0 bridgehead atoms. The molecule has 0 heterocycles. The Labute approximate surface area is 198 Å². The fraction of sp³-hybridized carbons (Fsp3) is 0.556. The van der Waals surface area contributed by atoms with Crippen LogP contribution < -0.4 is 0 Å². The van der Waals surface area contributed by atoms with Crippen molar-refractivity contribution >= 4 is 21.8 Å². The molecule has 0 spiro atoms. The van der Waals surface area contributed by atoms with Crippen LogP contribution in [0.2, 0.25) is 0 Å². The van der Waals surface area contributed by atoms with Gasteiger partial charge in [-0.05, 0) is 0 Å². The Hall–Kier alpha value is -1.17. The van der Waals surface area contributed by atoms with Gasteiger partial charge in [-0.25, -0.2) is 0 Å². The molecule has 0 aromatic carbocycles. The summed E-state index contributed by atoms with van der Waals surface area (Å²) in [6.07, 6.45) is 0. The van der Waals surface area contributed by atoms with E-state index in [2.05, 4.69) is 55.4 Å². The average molecular weight is 559 g/mol. The second-order valence-electron chi connectivity index (χ2n) is 7.55. The Morgan fingerprint density at radius 1 is 0.441 bits per heavy atom. The maximum Gasteiger partial charge on any atom is 0.673 e. The van der Waals surface area contributed by atoms with Crippen LogP contribution >= 0.6 is 0 Å². The first kappa shape index (κ1) is 35.0. The molecule has 0 aromatic rings. The maximum atomic E-state index is 9.75. The van der Waals surface area contributed by atoms with Gasteiger partial charge in [-0.3, -0.25) is 0 Å². The number of hydrogen-bond donors (Lipinski definition) is 0. The second-order valence-corrected chi connectivity index (χ2v) is 9.02. The third kappa shape index (κ3) is 15.0. The molecule has 0 saturated heterocycles. The van der Waals surface area contributed by atoms with E-state index >= 15 is 0 Å². The molecule has 0 N–H and O–H groups in total. The Kier molecular flexibility index (Phi) is 13.6. The Balaban J connectivity index is 0. The van der Waals surface area contributed by atoms with Gasteiger partial charge < -0.3 is 51.8 Å². The van der Waals surface area contributed by atoms with Crippen molar-refractivity contribution in [2.24, 2.45) is 11.8 Å². The van der Waals surface area contributed by atoms with E-state index in [1.54, 1.807) is 31.2 Å². The molecule has 0 radical (unpaired) electrons. The van der Waals surface area contributed by atoms with Crippen LogP contribution in [0.4, 0.5) is 51.8 Å². The molecule has 2 unspecified atom stereocenters. The zero-order chi connectivity index (χ0) is 28.0. The van der Waals surface area contributed by atoms with Crippen LogP contribution in [0.15, 0.2) is 42.4 Å². The summed E-state index contributed by atoms with van der Waals surface area (Å²) in [5, 5.41) is 0. The zero-order valence-electron chi connectivity index (χ0n) is 19.8.